The maximum absolute atomic E-state index is 12.6. The first-order valence-electron chi connectivity index (χ1n) is 8.20. The van der Waals surface area contributed by atoms with Gasteiger partial charge >= 0.3 is 5.57 Å². The summed E-state index contributed by atoms with van der Waals surface area (Å²) in [5.74, 6) is -0.537. The first-order chi connectivity index (χ1) is 13.1. The second-order valence-corrected chi connectivity index (χ2v) is 7.53. The van der Waals surface area contributed by atoms with Gasteiger partial charge in [0.2, 0.25) is 0 Å². The van der Waals surface area contributed by atoms with E-state index in [2.05, 4.69) is 26.0 Å². The summed E-state index contributed by atoms with van der Waals surface area (Å²) in [7, 11) is 0. The zero-order chi connectivity index (χ0) is 20.5. The predicted molar refractivity (Wildman–Crippen MR) is 104 cm³/mol. The molecule has 2 aromatic carbocycles. The van der Waals surface area contributed by atoms with Gasteiger partial charge in [-0.25, -0.2) is 0 Å². The molecular weight excluding hydrogens is 462 g/mol. The number of nitrogens with zero attached hydrogens (tertiary/aromatic N) is 1. The lowest BCUT2D eigenvalue weighted by atomic mass is 10.1. The van der Waals surface area contributed by atoms with Crippen LogP contribution >= 0.6 is 27.5 Å². The molecule has 0 radical (unpaired) electrons. The lowest BCUT2D eigenvalue weighted by Crippen LogP contribution is -2.22. The first kappa shape index (κ1) is 20.8. The normalized spacial score (nSPS) is 19.6. The molecule has 0 spiro atoms. The van der Waals surface area contributed by atoms with E-state index in [1.165, 1.54) is 24.3 Å². The fourth-order valence-electron chi connectivity index (χ4n) is 2.81. The average molecular weight is 478 g/mol. The molecule has 0 unspecified atom stereocenters. The summed E-state index contributed by atoms with van der Waals surface area (Å²) < 4.78 is 30.1. The topological polar surface area (TPSA) is 82.0 Å². The molecular formula is C18H16BrClF2N2O4. The highest BCUT2D eigenvalue weighted by atomic mass is 79.9. The second-order valence-electron chi connectivity index (χ2n) is 6.23. The number of β-amino-alcohol motifs (C(OH)–C–C–N with tert-alkyl or cyclic N) is 2. The molecule has 1 fully saturated rings. The fraction of sp³-hybridized carbons (Fsp3) is 0.278. The van der Waals surface area contributed by atoms with E-state index in [1.54, 1.807) is 18.2 Å². The number of halogens is 4. The third-order valence-electron chi connectivity index (χ3n) is 4.16. The smallest absolute Gasteiger partial charge is 0.420 e. The number of hydrogen-bond donors (Lipinski definition) is 3. The quantitative estimate of drug-likeness (QED) is 0.575. The van der Waals surface area contributed by atoms with Gasteiger partial charge in [0.1, 0.15) is 5.75 Å². The lowest BCUT2D eigenvalue weighted by molar-refractivity contribution is -0.0964. The molecule has 150 valence electrons. The van der Waals surface area contributed by atoms with Gasteiger partial charge in [-0.15, -0.1) is 8.78 Å². The van der Waals surface area contributed by atoms with Crippen molar-refractivity contribution in [2.45, 2.75) is 17.8 Å². The summed E-state index contributed by atoms with van der Waals surface area (Å²) in [6, 6.07) is 10.3. The van der Waals surface area contributed by atoms with Crippen LogP contribution in [0.2, 0.25) is 0 Å². The average Bonchev–Trinajstić information content (AvgIpc) is 2.94. The highest BCUT2D eigenvalue weighted by Crippen LogP contribution is 2.31. The standard InChI is InChI=1S/C18H16BrClF2N2O4/c19-13-7-10(1-6-14(13)24-8-15(25)16(26)9-24)17(27)23-11-2-4-12(5-3-11)28-18(20,21)22/h1-7,15-16,25-26H,8-9H2,(H,23,27)/t15-,16-/m0/s1. The number of aliphatic hydroxyl groups is 2. The Hall–Kier alpha value is -1.94. The van der Waals surface area contributed by atoms with Crippen molar-refractivity contribution in [3.63, 3.8) is 0 Å². The molecule has 6 nitrogen and oxygen atoms in total. The number of anilines is 2. The van der Waals surface area contributed by atoms with Crippen molar-refractivity contribution in [3.8, 4) is 5.75 Å². The van der Waals surface area contributed by atoms with Crippen molar-refractivity contribution in [2.24, 2.45) is 0 Å². The van der Waals surface area contributed by atoms with E-state index < -0.39 is 23.7 Å². The minimum atomic E-state index is -3.81. The number of aliphatic hydroxyl groups excluding tert-OH is 2. The number of hydrogen-bond acceptors (Lipinski definition) is 5. The van der Waals surface area contributed by atoms with Crippen LogP contribution in [0.3, 0.4) is 0 Å². The van der Waals surface area contributed by atoms with Crippen molar-refractivity contribution in [2.75, 3.05) is 23.3 Å². The molecule has 1 amide bonds. The number of rotatable bonds is 5. The minimum absolute atomic E-state index is 0.139. The van der Waals surface area contributed by atoms with E-state index in [-0.39, 0.29) is 5.75 Å². The molecule has 0 aromatic heterocycles. The number of benzene rings is 2. The second kappa shape index (κ2) is 8.20. The molecule has 1 aliphatic heterocycles. The Morgan fingerprint density at radius 3 is 2.32 bits per heavy atom. The van der Waals surface area contributed by atoms with Crippen LogP contribution in [-0.4, -0.2) is 47.0 Å². The van der Waals surface area contributed by atoms with Crippen molar-refractivity contribution in [1.82, 2.24) is 0 Å². The van der Waals surface area contributed by atoms with Crippen LogP contribution in [0.5, 0.6) is 5.75 Å². The molecule has 1 heterocycles. The van der Waals surface area contributed by atoms with Gasteiger partial charge in [0.15, 0.2) is 0 Å². The number of nitrogens with one attached hydrogen (secondary N) is 1. The van der Waals surface area contributed by atoms with Gasteiger partial charge in [0.05, 0.1) is 17.9 Å². The van der Waals surface area contributed by atoms with E-state index in [0.717, 1.165) is 5.69 Å². The molecule has 3 rings (SSSR count). The predicted octanol–water partition coefficient (Wildman–Crippen LogP) is 3.41. The first-order valence-corrected chi connectivity index (χ1v) is 9.37. The zero-order valence-electron chi connectivity index (χ0n) is 14.3. The van der Waals surface area contributed by atoms with E-state index in [4.69, 9.17) is 11.6 Å². The summed E-state index contributed by atoms with van der Waals surface area (Å²) in [6.07, 6.45) is -1.64. The Kier molecular flexibility index (Phi) is 6.09. The van der Waals surface area contributed by atoms with Crippen LogP contribution in [0.4, 0.5) is 20.2 Å². The van der Waals surface area contributed by atoms with Gasteiger partial charge in [0.25, 0.3) is 5.91 Å². The zero-order valence-corrected chi connectivity index (χ0v) is 16.6. The third-order valence-corrected chi connectivity index (χ3v) is 4.87. The molecule has 0 bridgehead atoms. The fourth-order valence-corrected chi connectivity index (χ4v) is 3.53. The molecule has 1 saturated heterocycles. The van der Waals surface area contributed by atoms with Crippen molar-refractivity contribution in [1.29, 1.82) is 0 Å². The Morgan fingerprint density at radius 1 is 1.18 bits per heavy atom. The molecule has 10 heteroatoms. The molecule has 0 saturated carbocycles. The SMILES string of the molecule is O=C(Nc1ccc(OC(F)(F)Cl)cc1)c1ccc(N2C[C@H](O)[C@@H](O)C2)c(Br)c1. The Balaban J connectivity index is 1.67. The van der Waals surface area contributed by atoms with E-state index >= 15 is 0 Å². The molecule has 2 atom stereocenters. The summed E-state index contributed by atoms with van der Waals surface area (Å²) >= 11 is 8.10. The third kappa shape index (κ3) is 5.11. The summed E-state index contributed by atoms with van der Waals surface area (Å²) in [4.78, 5) is 14.2. The van der Waals surface area contributed by atoms with Crippen molar-refractivity contribution >= 4 is 44.8 Å². The summed E-state index contributed by atoms with van der Waals surface area (Å²) in [5, 5.41) is 22.0. The van der Waals surface area contributed by atoms with Gasteiger partial charge in [0, 0.05) is 40.4 Å². The Labute approximate surface area is 172 Å². The van der Waals surface area contributed by atoms with Gasteiger partial charge in [-0.05, 0) is 58.4 Å². The number of alkyl halides is 3. The maximum atomic E-state index is 12.6. The van der Waals surface area contributed by atoms with E-state index in [1.807, 2.05) is 4.90 Å². The highest BCUT2D eigenvalue weighted by Gasteiger charge is 2.30. The highest BCUT2D eigenvalue weighted by molar-refractivity contribution is 9.10. The van der Waals surface area contributed by atoms with Crippen LogP contribution in [0.15, 0.2) is 46.9 Å². The lowest BCUT2D eigenvalue weighted by Gasteiger charge is -2.20. The molecule has 0 aliphatic carbocycles. The van der Waals surface area contributed by atoms with Gasteiger partial charge in [-0.3, -0.25) is 4.79 Å². The Bertz CT molecular complexity index is 854. The number of amides is 1. The van der Waals surface area contributed by atoms with Gasteiger partial charge in [-0.1, -0.05) is 0 Å². The molecule has 28 heavy (non-hydrogen) atoms. The molecule has 2 aromatic rings. The summed E-state index contributed by atoms with van der Waals surface area (Å²) in [5.41, 5.74) is -2.30. The van der Waals surface area contributed by atoms with Crippen molar-refractivity contribution in [3.05, 3.63) is 52.5 Å². The van der Waals surface area contributed by atoms with Gasteiger partial charge in [-0.2, -0.15) is 0 Å². The summed E-state index contributed by atoms with van der Waals surface area (Å²) in [6.45, 7) is 0.585. The number of carbonyl (C=O) groups is 1. The monoisotopic (exact) mass is 476 g/mol. The number of ether oxygens (including phenoxy) is 1. The Morgan fingerprint density at radius 2 is 1.79 bits per heavy atom. The van der Waals surface area contributed by atoms with Crippen molar-refractivity contribution < 1.29 is 28.5 Å². The van der Waals surface area contributed by atoms with Crippen LogP contribution < -0.4 is 15.0 Å². The minimum Gasteiger partial charge on any atom is -0.420 e. The van der Waals surface area contributed by atoms with E-state index in [0.29, 0.717) is 28.8 Å². The van der Waals surface area contributed by atoms with Crippen LogP contribution in [0.25, 0.3) is 0 Å². The van der Waals surface area contributed by atoms with E-state index in [9.17, 15) is 23.8 Å². The molecule has 3 N–H and O–H groups in total. The largest absolute Gasteiger partial charge is 0.487 e. The van der Waals surface area contributed by atoms with Gasteiger partial charge < -0.3 is 25.2 Å². The molecule has 1 aliphatic rings. The van der Waals surface area contributed by atoms with Crippen LogP contribution in [-0.2, 0) is 0 Å². The van der Waals surface area contributed by atoms with Crippen LogP contribution in [0.1, 0.15) is 10.4 Å². The van der Waals surface area contributed by atoms with Crippen LogP contribution in [0, 0.1) is 0 Å². The number of carbonyl (C=O) groups excluding carboxylic acids is 1. The maximum Gasteiger partial charge on any atom is 0.487 e.